The Balaban J connectivity index is 0.978. The summed E-state index contributed by atoms with van der Waals surface area (Å²) in [5.41, 5.74) is 10.6. The Morgan fingerprint density at radius 3 is 1.79 bits per heavy atom. The molecule has 1 aliphatic carbocycles. The van der Waals surface area contributed by atoms with E-state index in [0.29, 0.717) is 41.1 Å². The van der Waals surface area contributed by atoms with E-state index in [4.69, 9.17) is 24.4 Å². The second kappa shape index (κ2) is 16.1. The number of rotatable bonds is 5. The minimum Gasteiger partial charge on any atom is -0.457 e. The zero-order valence-electron chi connectivity index (χ0n) is 35.1. The molecule has 3 heterocycles. The summed E-state index contributed by atoms with van der Waals surface area (Å²) < 4.78 is 13.2. The van der Waals surface area contributed by atoms with Gasteiger partial charge in [0.15, 0.2) is 29.0 Å². The number of fused-ring (bicyclic) bond motifs is 8. The summed E-state index contributed by atoms with van der Waals surface area (Å²) in [6.07, 6.45) is 5.88. The summed E-state index contributed by atoms with van der Waals surface area (Å²) in [6, 6.07) is 59.1. The molecule has 2 aliphatic heterocycles. The first-order chi connectivity index (χ1) is 30.5. The van der Waals surface area contributed by atoms with Gasteiger partial charge in [0.25, 0.3) is 0 Å². The highest BCUT2D eigenvalue weighted by Gasteiger charge is 2.32. The quantitative estimate of drug-likeness (QED) is 0.173. The van der Waals surface area contributed by atoms with Crippen LogP contribution in [0, 0.1) is 17.8 Å². The van der Waals surface area contributed by atoms with Gasteiger partial charge in [-0.3, -0.25) is 0 Å². The third-order valence-electron chi connectivity index (χ3n) is 13.1. The molecule has 4 atom stereocenters. The van der Waals surface area contributed by atoms with Crippen LogP contribution in [-0.2, 0) is 6.42 Å². The first-order valence-corrected chi connectivity index (χ1v) is 22.1. The van der Waals surface area contributed by atoms with Crippen molar-refractivity contribution < 1.29 is 9.47 Å². The summed E-state index contributed by atoms with van der Waals surface area (Å²) in [6.45, 7) is 4.89. The second-order valence-electron chi connectivity index (χ2n) is 17.4. The van der Waals surface area contributed by atoms with Crippen LogP contribution in [0.3, 0.4) is 0 Å². The van der Waals surface area contributed by atoms with Gasteiger partial charge >= 0.3 is 0 Å². The Hall–Kier alpha value is -7.05. The van der Waals surface area contributed by atoms with Crippen molar-refractivity contribution >= 4 is 17.1 Å². The number of nitrogens with zero attached hydrogens (tertiary/aromatic N) is 4. The minimum absolute atomic E-state index is 0.367. The molecule has 1 aromatic heterocycles. The van der Waals surface area contributed by atoms with E-state index in [-0.39, 0.29) is 0 Å². The lowest BCUT2D eigenvalue weighted by molar-refractivity contribution is 0.237. The van der Waals surface area contributed by atoms with Crippen LogP contribution in [0.5, 0.6) is 23.0 Å². The van der Waals surface area contributed by atoms with Gasteiger partial charge in [-0.15, -0.1) is 0 Å². The van der Waals surface area contributed by atoms with Crippen molar-refractivity contribution in [2.45, 2.75) is 51.9 Å². The average molecular weight is 809 g/mol. The van der Waals surface area contributed by atoms with Gasteiger partial charge in [-0.05, 0) is 145 Å². The van der Waals surface area contributed by atoms with E-state index >= 15 is 0 Å². The molecule has 1 unspecified atom stereocenters. The lowest BCUT2D eigenvalue weighted by Crippen LogP contribution is -2.22. The summed E-state index contributed by atoms with van der Waals surface area (Å²) in [5.74, 6) is 7.70. The van der Waals surface area contributed by atoms with E-state index in [0.717, 1.165) is 80.7 Å². The second-order valence-corrected chi connectivity index (χ2v) is 17.4. The Morgan fingerprint density at radius 1 is 0.468 bits per heavy atom. The topological polar surface area (TPSA) is 60.4 Å². The molecule has 8 aromatic rings. The Bertz CT molecular complexity index is 2870. The van der Waals surface area contributed by atoms with Gasteiger partial charge in [0.05, 0.1) is 11.4 Å². The molecule has 2 bridgehead atoms. The number of ether oxygens (including phenoxy) is 2. The summed E-state index contributed by atoms with van der Waals surface area (Å²) >= 11 is 0. The lowest BCUT2D eigenvalue weighted by Gasteiger charge is -2.35. The van der Waals surface area contributed by atoms with Gasteiger partial charge in [0.1, 0.15) is 11.5 Å². The first kappa shape index (κ1) is 37.9. The van der Waals surface area contributed by atoms with E-state index in [2.05, 4.69) is 146 Å². The number of hydrogen-bond acceptors (Lipinski definition) is 6. The van der Waals surface area contributed by atoms with Crippen LogP contribution in [0.1, 0.15) is 56.6 Å². The predicted molar refractivity (Wildman–Crippen MR) is 250 cm³/mol. The largest absolute Gasteiger partial charge is 0.457 e. The van der Waals surface area contributed by atoms with E-state index in [9.17, 15) is 0 Å². The molecule has 0 amide bonds. The monoisotopic (exact) mass is 808 g/mol. The van der Waals surface area contributed by atoms with Gasteiger partial charge in [-0.25, -0.2) is 15.0 Å². The summed E-state index contributed by atoms with van der Waals surface area (Å²) in [5, 5.41) is 0. The molecule has 11 rings (SSSR count). The minimum atomic E-state index is 0.367. The van der Waals surface area contributed by atoms with Gasteiger partial charge in [0.2, 0.25) is 0 Å². The van der Waals surface area contributed by atoms with Crippen molar-refractivity contribution in [3.63, 3.8) is 0 Å². The highest BCUT2D eigenvalue weighted by atomic mass is 16.5. The molecule has 0 N–H and O–H groups in total. The average Bonchev–Trinajstić information content (AvgIpc) is 3.31. The number of hydrogen-bond donors (Lipinski definition) is 0. The maximum atomic E-state index is 6.89. The van der Waals surface area contributed by atoms with Crippen molar-refractivity contribution in [2.75, 3.05) is 4.90 Å². The maximum Gasteiger partial charge on any atom is 0.164 e. The third kappa shape index (κ3) is 7.30. The van der Waals surface area contributed by atoms with Crippen LogP contribution in [0.25, 0.3) is 45.3 Å². The van der Waals surface area contributed by atoms with Crippen molar-refractivity contribution in [1.29, 1.82) is 0 Å². The van der Waals surface area contributed by atoms with Crippen LogP contribution in [0.2, 0.25) is 0 Å². The van der Waals surface area contributed by atoms with E-state index in [1.165, 1.54) is 30.4 Å². The zero-order valence-corrected chi connectivity index (χ0v) is 35.1. The molecular weight excluding hydrogens is 761 g/mol. The van der Waals surface area contributed by atoms with Crippen molar-refractivity contribution in [3.8, 4) is 68.3 Å². The zero-order chi connectivity index (χ0) is 41.6. The highest BCUT2D eigenvalue weighted by Crippen LogP contribution is 2.51. The Kier molecular flexibility index (Phi) is 9.84. The maximum absolute atomic E-state index is 6.89. The molecule has 6 heteroatoms. The molecule has 1 fully saturated rings. The van der Waals surface area contributed by atoms with Gasteiger partial charge in [-0.2, -0.15) is 0 Å². The fourth-order valence-electron chi connectivity index (χ4n) is 10.2. The molecular formula is C56H48N4O2. The van der Waals surface area contributed by atoms with Gasteiger partial charge in [0, 0.05) is 22.4 Å². The van der Waals surface area contributed by atoms with Crippen LogP contribution < -0.4 is 14.4 Å². The van der Waals surface area contributed by atoms with E-state index < -0.39 is 0 Å². The standard InChI is InChI=1S/C56H48N4O2/c1-36-31-37(2)46-29-23-38(32-36)33-42-15-6-9-20-50(42)61-51-30-26-44(35-47(46)51)56-58-54(40-13-4-3-5-14-40)57-55(59-56)43-17-12-16-41(34-43)39-24-27-45(28-25-39)60-48-18-7-10-21-52(48)62-53-22-11-8-19-49(53)60/h3-22,24-28,30,34-38,46H,23,29,31-33H2,1-2H3/t36-,37-,38+,46?/m0/s1. The number of para-hydroxylation sites is 5. The summed E-state index contributed by atoms with van der Waals surface area (Å²) in [4.78, 5) is 17.8. The molecule has 304 valence electrons. The Morgan fingerprint density at radius 2 is 1.05 bits per heavy atom. The van der Waals surface area contributed by atoms with Crippen molar-refractivity contribution in [2.24, 2.45) is 17.8 Å². The normalized spacial score (nSPS) is 19.0. The molecule has 0 radical (unpaired) electrons. The van der Waals surface area contributed by atoms with Crippen LogP contribution in [-0.4, -0.2) is 15.0 Å². The van der Waals surface area contributed by atoms with E-state index in [1.807, 2.05) is 42.5 Å². The first-order valence-electron chi connectivity index (χ1n) is 22.1. The molecule has 6 nitrogen and oxygen atoms in total. The highest BCUT2D eigenvalue weighted by molar-refractivity contribution is 5.87. The Labute approximate surface area is 363 Å². The fourth-order valence-corrected chi connectivity index (χ4v) is 10.2. The number of anilines is 3. The molecule has 7 aromatic carbocycles. The SMILES string of the molecule is C[C@@H]1C[C@H]2CCC(c3cc(-c4nc(-c5ccccc5)nc(-c5cccc(-c6ccc(N7c8ccccc8Oc8ccccc87)cc6)c5)n4)ccc3Oc3ccccc3C2)[C@@H](C)C1. The number of aromatic nitrogens is 3. The van der Waals surface area contributed by atoms with Crippen LogP contribution in [0.4, 0.5) is 17.1 Å². The predicted octanol–water partition coefficient (Wildman–Crippen LogP) is 15.0. The molecule has 1 saturated carbocycles. The molecule has 3 aliphatic rings. The summed E-state index contributed by atoms with van der Waals surface area (Å²) in [7, 11) is 0. The lowest BCUT2D eigenvalue weighted by atomic mass is 9.71. The van der Waals surface area contributed by atoms with Crippen molar-refractivity contribution in [3.05, 3.63) is 181 Å². The number of benzene rings is 7. The smallest absolute Gasteiger partial charge is 0.164 e. The van der Waals surface area contributed by atoms with E-state index in [1.54, 1.807) is 0 Å². The van der Waals surface area contributed by atoms with Crippen LogP contribution >= 0.6 is 0 Å². The van der Waals surface area contributed by atoms with Gasteiger partial charge < -0.3 is 14.4 Å². The van der Waals surface area contributed by atoms with Gasteiger partial charge in [-0.1, -0.05) is 117 Å². The molecule has 0 spiro atoms. The molecule has 0 saturated heterocycles. The molecule has 62 heavy (non-hydrogen) atoms. The fraction of sp³-hybridized carbons (Fsp3) is 0.196. The van der Waals surface area contributed by atoms with Crippen LogP contribution in [0.15, 0.2) is 170 Å². The van der Waals surface area contributed by atoms with Crippen molar-refractivity contribution in [1.82, 2.24) is 15.0 Å². The third-order valence-corrected chi connectivity index (χ3v) is 13.1.